The van der Waals surface area contributed by atoms with Gasteiger partial charge in [-0.15, -0.1) is 12.3 Å². The van der Waals surface area contributed by atoms with Crippen LogP contribution < -0.4 is 9.47 Å². The molecule has 0 atom stereocenters. The molecule has 0 saturated carbocycles. The first kappa shape index (κ1) is 15.9. The first-order chi connectivity index (χ1) is 9.58. The lowest BCUT2D eigenvalue weighted by molar-refractivity contribution is -0.131. The molecule has 4 nitrogen and oxygen atoms in total. The molecule has 5 heteroatoms. The number of aliphatic carboxylic acids is 1. The lowest BCUT2D eigenvalue weighted by atomic mass is 10.2. The monoisotopic (exact) mass is 294 g/mol. The minimum Gasteiger partial charge on any atom is -0.493 e. The maximum absolute atomic E-state index is 10.5. The second-order valence-electron chi connectivity index (χ2n) is 3.86. The van der Waals surface area contributed by atoms with Gasteiger partial charge in [0.1, 0.15) is 0 Å². The molecule has 0 spiro atoms. The molecule has 1 aromatic carbocycles. The van der Waals surface area contributed by atoms with Gasteiger partial charge < -0.3 is 14.6 Å². The largest absolute Gasteiger partial charge is 0.493 e. The van der Waals surface area contributed by atoms with Crippen LogP contribution in [-0.4, -0.2) is 24.8 Å². The highest BCUT2D eigenvalue weighted by atomic mass is 35.5. The Morgan fingerprint density at radius 1 is 1.55 bits per heavy atom. The summed E-state index contributed by atoms with van der Waals surface area (Å²) in [5, 5.41) is 8.96. The van der Waals surface area contributed by atoms with Gasteiger partial charge >= 0.3 is 5.97 Å². The molecular formula is C15H15ClO4. The Labute approximate surface area is 123 Å². The summed E-state index contributed by atoms with van der Waals surface area (Å²) in [7, 11) is 1.49. The molecule has 1 rings (SSSR count). The Bertz CT molecular complexity index is 544. The van der Waals surface area contributed by atoms with Crippen molar-refractivity contribution >= 4 is 23.6 Å². The number of hydrogen-bond donors (Lipinski definition) is 1. The number of hydrogen-bond acceptors (Lipinski definition) is 3. The third-order valence-corrected chi connectivity index (χ3v) is 2.66. The van der Waals surface area contributed by atoms with Gasteiger partial charge in [0.15, 0.2) is 11.5 Å². The van der Waals surface area contributed by atoms with E-state index < -0.39 is 5.97 Å². The highest BCUT2D eigenvalue weighted by Crippen LogP contribution is 2.36. The van der Waals surface area contributed by atoms with Crippen LogP contribution in [0.3, 0.4) is 0 Å². The summed E-state index contributed by atoms with van der Waals surface area (Å²) in [5.74, 6) is 2.37. The number of unbranched alkanes of at least 4 members (excludes halogenated alkanes) is 1. The molecule has 0 aliphatic carbocycles. The number of benzene rings is 1. The number of carboxylic acid groups (broad SMARTS) is 1. The zero-order chi connectivity index (χ0) is 15.0. The van der Waals surface area contributed by atoms with Crippen LogP contribution in [-0.2, 0) is 4.79 Å². The minimum atomic E-state index is -1.03. The Morgan fingerprint density at radius 3 is 2.90 bits per heavy atom. The Kier molecular flexibility index (Phi) is 6.48. The molecule has 0 unspecified atom stereocenters. The molecular weight excluding hydrogens is 280 g/mol. The molecule has 0 aromatic heterocycles. The van der Waals surface area contributed by atoms with E-state index in [0.29, 0.717) is 35.1 Å². The summed E-state index contributed by atoms with van der Waals surface area (Å²) < 4.78 is 10.7. The fourth-order valence-electron chi connectivity index (χ4n) is 1.49. The number of methoxy groups -OCH3 is 1. The fraction of sp³-hybridized carbons (Fsp3) is 0.267. The van der Waals surface area contributed by atoms with Crippen molar-refractivity contribution in [2.75, 3.05) is 13.7 Å². The summed E-state index contributed by atoms with van der Waals surface area (Å²) in [6.45, 7) is 0.435. The molecule has 0 aliphatic heterocycles. The summed E-state index contributed by atoms with van der Waals surface area (Å²) in [6.07, 6.45) is 8.96. The van der Waals surface area contributed by atoms with Crippen LogP contribution in [0.25, 0.3) is 6.08 Å². The molecule has 1 aromatic rings. The van der Waals surface area contributed by atoms with Crippen molar-refractivity contribution < 1.29 is 19.4 Å². The normalized spacial score (nSPS) is 10.2. The fourth-order valence-corrected chi connectivity index (χ4v) is 1.77. The molecule has 0 heterocycles. The van der Waals surface area contributed by atoms with Crippen LogP contribution in [0.15, 0.2) is 18.2 Å². The SMILES string of the molecule is C#CCCCOc1c(Cl)cc(/C=C/C(=O)O)cc1OC. The van der Waals surface area contributed by atoms with E-state index in [1.165, 1.54) is 13.2 Å². The minimum absolute atomic E-state index is 0.357. The van der Waals surface area contributed by atoms with Crippen LogP contribution in [0.1, 0.15) is 18.4 Å². The van der Waals surface area contributed by atoms with E-state index in [-0.39, 0.29) is 0 Å². The maximum Gasteiger partial charge on any atom is 0.328 e. The van der Waals surface area contributed by atoms with Crippen molar-refractivity contribution in [3.8, 4) is 23.8 Å². The number of halogens is 1. The molecule has 1 N–H and O–H groups in total. The molecule has 0 amide bonds. The van der Waals surface area contributed by atoms with Crippen molar-refractivity contribution in [3.63, 3.8) is 0 Å². The third-order valence-electron chi connectivity index (χ3n) is 2.38. The van der Waals surface area contributed by atoms with Gasteiger partial charge in [-0.2, -0.15) is 0 Å². The number of carbonyl (C=O) groups is 1. The third kappa shape index (κ3) is 4.87. The summed E-state index contributed by atoms with van der Waals surface area (Å²) >= 11 is 6.11. The summed E-state index contributed by atoms with van der Waals surface area (Å²) in [6, 6.07) is 3.27. The van der Waals surface area contributed by atoms with Crippen LogP contribution in [0, 0.1) is 12.3 Å². The first-order valence-electron chi connectivity index (χ1n) is 5.93. The summed E-state index contributed by atoms with van der Waals surface area (Å²) in [4.78, 5) is 10.5. The molecule has 0 saturated heterocycles. The first-order valence-corrected chi connectivity index (χ1v) is 6.31. The number of terminal acetylenes is 1. The van der Waals surface area contributed by atoms with Crippen molar-refractivity contribution in [2.45, 2.75) is 12.8 Å². The highest BCUT2D eigenvalue weighted by molar-refractivity contribution is 6.32. The van der Waals surface area contributed by atoms with Gasteiger partial charge in [-0.05, 0) is 30.2 Å². The molecule has 0 aliphatic rings. The Morgan fingerprint density at radius 2 is 2.30 bits per heavy atom. The summed E-state index contributed by atoms with van der Waals surface area (Å²) in [5.41, 5.74) is 0.616. The number of rotatable bonds is 7. The van der Waals surface area contributed by atoms with Crippen molar-refractivity contribution in [2.24, 2.45) is 0 Å². The zero-order valence-corrected chi connectivity index (χ0v) is 11.8. The van der Waals surface area contributed by atoms with Crippen LogP contribution in [0.5, 0.6) is 11.5 Å². The zero-order valence-electron chi connectivity index (χ0n) is 11.1. The number of carboxylic acids is 1. The van der Waals surface area contributed by atoms with E-state index >= 15 is 0 Å². The van der Waals surface area contributed by atoms with Gasteiger partial charge in [-0.25, -0.2) is 4.79 Å². The van der Waals surface area contributed by atoms with Gasteiger partial charge in [-0.3, -0.25) is 0 Å². The van der Waals surface area contributed by atoms with Gasteiger partial charge in [0.05, 0.1) is 18.7 Å². The van der Waals surface area contributed by atoms with Crippen molar-refractivity contribution in [1.29, 1.82) is 0 Å². The Hall–Kier alpha value is -2.12. The second-order valence-corrected chi connectivity index (χ2v) is 4.27. The predicted octanol–water partition coefficient (Wildman–Crippen LogP) is 3.24. The average molecular weight is 295 g/mol. The van der Waals surface area contributed by atoms with E-state index in [0.717, 1.165) is 12.5 Å². The smallest absolute Gasteiger partial charge is 0.328 e. The highest BCUT2D eigenvalue weighted by Gasteiger charge is 2.11. The molecule has 106 valence electrons. The molecule has 0 fully saturated rings. The molecule has 20 heavy (non-hydrogen) atoms. The Balaban J connectivity index is 2.90. The van der Waals surface area contributed by atoms with Crippen LogP contribution in [0.4, 0.5) is 0 Å². The lowest BCUT2D eigenvalue weighted by Crippen LogP contribution is -2.00. The lowest BCUT2D eigenvalue weighted by Gasteiger charge is -2.12. The molecule has 0 radical (unpaired) electrons. The van der Waals surface area contributed by atoms with Gasteiger partial charge in [0, 0.05) is 12.5 Å². The van der Waals surface area contributed by atoms with Crippen molar-refractivity contribution in [3.05, 3.63) is 28.8 Å². The standard InChI is InChI=1S/C15H15ClO4/c1-3-4-5-8-20-15-12(16)9-11(6-7-14(17)18)10-13(15)19-2/h1,6-7,9-10H,4-5,8H2,2H3,(H,17,18)/b7-6+. The quantitative estimate of drug-likeness (QED) is 0.476. The van der Waals surface area contributed by atoms with Crippen LogP contribution >= 0.6 is 11.6 Å². The van der Waals surface area contributed by atoms with Gasteiger partial charge in [0.25, 0.3) is 0 Å². The van der Waals surface area contributed by atoms with Crippen molar-refractivity contribution in [1.82, 2.24) is 0 Å². The van der Waals surface area contributed by atoms with E-state index in [1.54, 1.807) is 12.1 Å². The number of ether oxygens (including phenoxy) is 2. The van der Waals surface area contributed by atoms with E-state index in [1.807, 2.05) is 0 Å². The van der Waals surface area contributed by atoms with Crippen LogP contribution in [0.2, 0.25) is 5.02 Å². The topological polar surface area (TPSA) is 55.8 Å². The van der Waals surface area contributed by atoms with Gasteiger partial charge in [-0.1, -0.05) is 11.6 Å². The van der Waals surface area contributed by atoms with E-state index in [4.69, 9.17) is 32.6 Å². The maximum atomic E-state index is 10.5. The van der Waals surface area contributed by atoms with E-state index in [2.05, 4.69) is 5.92 Å². The van der Waals surface area contributed by atoms with E-state index in [9.17, 15) is 4.79 Å². The molecule has 0 bridgehead atoms. The second kappa shape index (κ2) is 8.13. The van der Waals surface area contributed by atoms with Gasteiger partial charge in [0.2, 0.25) is 0 Å². The predicted molar refractivity (Wildman–Crippen MR) is 78.2 cm³/mol. The average Bonchev–Trinajstić information content (AvgIpc) is 2.42.